The topological polar surface area (TPSA) is 20.3 Å². The number of nitrogens with zero attached hydrogens (tertiary/aromatic N) is 1. The van der Waals surface area contributed by atoms with E-state index < -0.39 is 0 Å². The molecule has 2 nitrogen and oxygen atoms in total. The number of benzene rings is 1. The Morgan fingerprint density at radius 3 is 2.50 bits per heavy atom. The molecule has 0 spiro atoms. The number of hydrogen-bond donors (Lipinski definition) is 0. The number of rotatable bonds is 5. The van der Waals surface area contributed by atoms with Gasteiger partial charge in [-0.2, -0.15) is 0 Å². The van der Waals surface area contributed by atoms with Gasteiger partial charge in [-0.1, -0.05) is 19.9 Å². The van der Waals surface area contributed by atoms with E-state index in [2.05, 4.69) is 13.8 Å². The minimum atomic E-state index is -0.334. The lowest BCUT2D eigenvalue weighted by molar-refractivity contribution is 0.112. The summed E-state index contributed by atoms with van der Waals surface area (Å²) in [5.74, 6) is -0.334. The molecule has 1 aromatic rings. The van der Waals surface area contributed by atoms with Gasteiger partial charge in [-0.05, 0) is 25.0 Å². The number of aldehydes is 1. The van der Waals surface area contributed by atoms with Gasteiger partial charge in [0.2, 0.25) is 0 Å². The summed E-state index contributed by atoms with van der Waals surface area (Å²) in [6.45, 7) is 4.12. The molecule has 0 amide bonds. The Hall–Kier alpha value is -1.38. The predicted molar refractivity (Wildman–Crippen MR) is 64.6 cm³/mol. The molecule has 0 atom stereocenters. The summed E-state index contributed by atoms with van der Waals surface area (Å²) < 4.78 is 13.7. The van der Waals surface area contributed by atoms with E-state index in [1.165, 1.54) is 6.07 Å². The van der Waals surface area contributed by atoms with Crippen LogP contribution in [-0.4, -0.2) is 19.4 Å². The second kappa shape index (κ2) is 5.64. The van der Waals surface area contributed by atoms with Crippen LogP contribution >= 0.6 is 0 Å². The SMILES string of the molecule is CCC(CC)N(C)c1c(F)cccc1C=O. The normalized spacial score (nSPS) is 10.6. The number of para-hydroxylation sites is 1. The highest BCUT2D eigenvalue weighted by Gasteiger charge is 2.17. The van der Waals surface area contributed by atoms with Crippen molar-refractivity contribution in [2.45, 2.75) is 32.7 Å². The molecule has 88 valence electrons. The summed E-state index contributed by atoms with van der Waals surface area (Å²) >= 11 is 0. The van der Waals surface area contributed by atoms with Gasteiger partial charge in [0, 0.05) is 18.7 Å². The molecule has 0 unspecified atom stereocenters. The zero-order chi connectivity index (χ0) is 12.1. The maximum absolute atomic E-state index is 13.7. The lowest BCUT2D eigenvalue weighted by atomic mass is 10.1. The highest BCUT2D eigenvalue weighted by Crippen LogP contribution is 2.25. The second-order valence-corrected chi connectivity index (χ2v) is 3.88. The van der Waals surface area contributed by atoms with Gasteiger partial charge in [0.1, 0.15) is 5.82 Å². The van der Waals surface area contributed by atoms with Gasteiger partial charge in [-0.3, -0.25) is 4.79 Å². The molecular weight excluding hydrogens is 205 g/mol. The number of hydrogen-bond acceptors (Lipinski definition) is 2. The van der Waals surface area contributed by atoms with Crippen molar-refractivity contribution in [1.29, 1.82) is 0 Å². The molecule has 3 heteroatoms. The Morgan fingerprint density at radius 2 is 2.00 bits per heavy atom. The molecule has 0 bridgehead atoms. The first-order valence-corrected chi connectivity index (χ1v) is 5.62. The highest BCUT2D eigenvalue weighted by atomic mass is 19.1. The molecule has 1 aromatic carbocycles. The Labute approximate surface area is 96.1 Å². The molecule has 0 aromatic heterocycles. The van der Waals surface area contributed by atoms with Gasteiger partial charge in [0.15, 0.2) is 6.29 Å². The quantitative estimate of drug-likeness (QED) is 0.714. The number of halogens is 1. The van der Waals surface area contributed by atoms with Crippen molar-refractivity contribution in [2.75, 3.05) is 11.9 Å². The monoisotopic (exact) mass is 223 g/mol. The molecule has 0 aliphatic rings. The van der Waals surface area contributed by atoms with Crippen LogP contribution in [0.1, 0.15) is 37.0 Å². The van der Waals surface area contributed by atoms with E-state index in [1.807, 2.05) is 11.9 Å². The summed E-state index contributed by atoms with van der Waals surface area (Å²) in [5, 5.41) is 0. The van der Waals surface area contributed by atoms with E-state index in [4.69, 9.17) is 0 Å². The molecule has 0 saturated heterocycles. The number of carbonyl (C=O) groups is 1. The van der Waals surface area contributed by atoms with Crippen molar-refractivity contribution < 1.29 is 9.18 Å². The van der Waals surface area contributed by atoms with Crippen LogP contribution < -0.4 is 4.90 Å². The third-order valence-electron chi connectivity index (χ3n) is 2.99. The molecule has 0 heterocycles. The van der Waals surface area contributed by atoms with Gasteiger partial charge >= 0.3 is 0 Å². The van der Waals surface area contributed by atoms with Crippen LogP contribution in [0.4, 0.5) is 10.1 Å². The van der Waals surface area contributed by atoms with E-state index in [0.717, 1.165) is 12.8 Å². The van der Waals surface area contributed by atoms with Crippen LogP contribution in [-0.2, 0) is 0 Å². The van der Waals surface area contributed by atoms with Crippen LogP contribution in [0.25, 0.3) is 0 Å². The second-order valence-electron chi connectivity index (χ2n) is 3.88. The van der Waals surface area contributed by atoms with E-state index in [9.17, 15) is 9.18 Å². The smallest absolute Gasteiger partial charge is 0.152 e. The molecule has 1 rings (SSSR count). The molecule has 0 fully saturated rings. The van der Waals surface area contributed by atoms with Crippen molar-refractivity contribution in [1.82, 2.24) is 0 Å². The summed E-state index contributed by atoms with van der Waals surface area (Å²) in [6.07, 6.45) is 2.57. The van der Waals surface area contributed by atoms with Crippen molar-refractivity contribution in [2.24, 2.45) is 0 Å². The summed E-state index contributed by atoms with van der Waals surface area (Å²) in [5.41, 5.74) is 0.820. The summed E-state index contributed by atoms with van der Waals surface area (Å²) in [6, 6.07) is 4.85. The fourth-order valence-corrected chi connectivity index (χ4v) is 2.02. The lowest BCUT2D eigenvalue weighted by Crippen LogP contribution is -2.31. The third kappa shape index (κ3) is 2.40. The molecule has 0 aliphatic carbocycles. The van der Waals surface area contributed by atoms with Crippen molar-refractivity contribution in [3.05, 3.63) is 29.6 Å². The Bertz CT molecular complexity index is 361. The van der Waals surface area contributed by atoms with Gasteiger partial charge in [-0.25, -0.2) is 4.39 Å². The van der Waals surface area contributed by atoms with Crippen LogP contribution in [0.5, 0.6) is 0 Å². The lowest BCUT2D eigenvalue weighted by Gasteiger charge is -2.29. The van der Waals surface area contributed by atoms with E-state index in [0.29, 0.717) is 17.5 Å². The van der Waals surface area contributed by atoms with Gasteiger partial charge in [0.25, 0.3) is 0 Å². The molecule has 16 heavy (non-hydrogen) atoms. The maximum Gasteiger partial charge on any atom is 0.152 e. The Kier molecular flexibility index (Phi) is 4.47. The average molecular weight is 223 g/mol. The molecule has 0 aliphatic heterocycles. The first-order chi connectivity index (χ1) is 7.65. The third-order valence-corrected chi connectivity index (χ3v) is 2.99. The number of anilines is 1. The summed E-state index contributed by atoms with van der Waals surface area (Å²) in [7, 11) is 1.84. The van der Waals surface area contributed by atoms with E-state index in [-0.39, 0.29) is 11.9 Å². The van der Waals surface area contributed by atoms with Gasteiger partial charge in [0.05, 0.1) is 5.69 Å². The van der Waals surface area contributed by atoms with Crippen LogP contribution in [0, 0.1) is 5.82 Å². The van der Waals surface area contributed by atoms with Crippen LogP contribution in [0.15, 0.2) is 18.2 Å². The largest absolute Gasteiger partial charge is 0.369 e. The van der Waals surface area contributed by atoms with E-state index >= 15 is 0 Å². The molecule has 0 radical (unpaired) electrons. The number of carbonyl (C=O) groups excluding carboxylic acids is 1. The van der Waals surface area contributed by atoms with Crippen LogP contribution in [0.3, 0.4) is 0 Å². The summed E-state index contributed by atoms with van der Waals surface area (Å²) in [4.78, 5) is 12.8. The van der Waals surface area contributed by atoms with Crippen LogP contribution in [0.2, 0.25) is 0 Å². The average Bonchev–Trinajstić information content (AvgIpc) is 2.29. The Morgan fingerprint density at radius 1 is 1.38 bits per heavy atom. The fraction of sp³-hybridized carbons (Fsp3) is 0.462. The standard InChI is InChI=1S/C13H18FNO/c1-4-11(5-2)15(3)13-10(9-16)7-6-8-12(13)14/h6-9,11H,4-5H2,1-3H3. The molecular formula is C13H18FNO. The molecule has 0 N–H and O–H groups in total. The predicted octanol–water partition coefficient (Wildman–Crippen LogP) is 3.26. The zero-order valence-electron chi connectivity index (χ0n) is 10.0. The zero-order valence-corrected chi connectivity index (χ0v) is 10.0. The molecule has 0 saturated carbocycles. The van der Waals surface area contributed by atoms with Gasteiger partial charge in [-0.15, -0.1) is 0 Å². The van der Waals surface area contributed by atoms with Crippen molar-refractivity contribution >= 4 is 12.0 Å². The minimum Gasteiger partial charge on any atom is -0.369 e. The van der Waals surface area contributed by atoms with Crippen molar-refractivity contribution in [3.8, 4) is 0 Å². The van der Waals surface area contributed by atoms with E-state index in [1.54, 1.807) is 12.1 Å². The van der Waals surface area contributed by atoms with Crippen molar-refractivity contribution in [3.63, 3.8) is 0 Å². The fourth-order valence-electron chi connectivity index (χ4n) is 2.02. The Balaban J connectivity index is 3.15. The first-order valence-electron chi connectivity index (χ1n) is 5.62. The maximum atomic E-state index is 13.7. The minimum absolute atomic E-state index is 0.260. The van der Waals surface area contributed by atoms with Gasteiger partial charge < -0.3 is 4.90 Å². The highest BCUT2D eigenvalue weighted by molar-refractivity contribution is 5.84. The first kappa shape index (κ1) is 12.7.